The van der Waals surface area contributed by atoms with Crippen molar-refractivity contribution >= 4 is 39.1 Å². The van der Waals surface area contributed by atoms with Crippen LogP contribution in [-0.2, 0) is 26.2 Å². The number of aryl methyl sites for hydroxylation is 1. The summed E-state index contributed by atoms with van der Waals surface area (Å²) in [4.78, 5) is 29.1. The first-order valence-corrected chi connectivity index (χ1v) is 16.1. The lowest BCUT2D eigenvalue weighted by molar-refractivity contribution is -0.140. The smallest absolute Gasteiger partial charge is 0.264 e. The van der Waals surface area contributed by atoms with Gasteiger partial charge >= 0.3 is 0 Å². The molecule has 0 saturated heterocycles. The summed E-state index contributed by atoms with van der Waals surface area (Å²) >= 11 is 6.01. The second-order valence-corrected chi connectivity index (χ2v) is 13.0. The summed E-state index contributed by atoms with van der Waals surface area (Å²) in [5.74, 6) is -1.25. The Bertz CT molecular complexity index is 1460. The highest BCUT2D eigenvalue weighted by Gasteiger charge is 2.34. The molecule has 0 aliphatic heterocycles. The van der Waals surface area contributed by atoms with E-state index in [4.69, 9.17) is 11.6 Å². The first kappa shape index (κ1) is 31.5. The van der Waals surface area contributed by atoms with E-state index in [1.165, 1.54) is 41.3 Å². The van der Waals surface area contributed by atoms with E-state index in [0.29, 0.717) is 22.7 Å². The molecule has 1 N–H and O–H groups in total. The van der Waals surface area contributed by atoms with E-state index < -0.39 is 34.3 Å². The average molecular weight is 614 g/mol. The number of nitrogens with zero attached hydrogens (tertiary/aromatic N) is 2. The second kappa shape index (κ2) is 14.2. The van der Waals surface area contributed by atoms with Crippen LogP contribution in [0.15, 0.2) is 77.7 Å². The molecule has 0 heterocycles. The normalized spacial score (nSPS) is 14.7. The highest BCUT2D eigenvalue weighted by Crippen LogP contribution is 2.26. The Morgan fingerprint density at radius 1 is 0.952 bits per heavy atom. The van der Waals surface area contributed by atoms with Crippen molar-refractivity contribution in [3.05, 3.63) is 94.8 Å². The topological polar surface area (TPSA) is 86.8 Å². The molecule has 0 unspecified atom stereocenters. The zero-order valence-corrected chi connectivity index (χ0v) is 25.5. The van der Waals surface area contributed by atoms with Crippen LogP contribution >= 0.6 is 11.6 Å². The number of sulfonamides is 1. The fourth-order valence-corrected chi connectivity index (χ4v) is 6.76. The number of anilines is 1. The molecule has 4 rings (SSSR count). The molecule has 0 bridgehead atoms. The molecule has 10 heteroatoms. The molecular formula is C32H37ClFN3O4S. The van der Waals surface area contributed by atoms with Crippen molar-refractivity contribution in [1.82, 2.24) is 10.2 Å². The summed E-state index contributed by atoms with van der Waals surface area (Å²) in [7, 11) is -4.19. The number of hydrogen-bond donors (Lipinski definition) is 1. The van der Waals surface area contributed by atoms with Crippen LogP contribution in [0.1, 0.15) is 56.6 Å². The molecule has 1 aliphatic rings. The second-order valence-electron chi connectivity index (χ2n) is 10.7. The molecule has 2 amide bonds. The molecule has 1 saturated carbocycles. The molecule has 1 aliphatic carbocycles. The molecule has 224 valence electrons. The molecule has 3 aromatic carbocycles. The molecular weight excluding hydrogens is 577 g/mol. The van der Waals surface area contributed by atoms with Crippen molar-refractivity contribution in [2.45, 2.75) is 75.9 Å². The van der Waals surface area contributed by atoms with E-state index in [2.05, 4.69) is 5.32 Å². The van der Waals surface area contributed by atoms with Crippen molar-refractivity contribution in [2.75, 3.05) is 10.8 Å². The van der Waals surface area contributed by atoms with Crippen LogP contribution in [0, 0.1) is 12.7 Å². The maximum atomic E-state index is 14.1. The number of benzene rings is 3. The Kier molecular flexibility index (Phi) is 10.6. The van der Waals surface area contributed by atoms with E-state index in [1.54, 1.807) is 36.4 Å². The van der Waals surface area contributed by atoms with Gasteiger partial charge in [-0.2, -0.15) is 0 Å². The highest BCUT2D eigenvalue weighted by molar-refractivity contribution is 7.92. The molecule has 0 radical (unpaired) electrons. The summed E-state index contributed by atoms with van der Waals surface area (Å²) < 4.78 is 42.6. The van der Waals surface area contributed by atoms with Crippen LogP contribution in [0.25, 0.3) is 0 Å². The van der Waals surface area contributed by atoms with Crippen molar-refractivity contribution in [1.29, 1.82) is 0 Å². The van der Waals surface area contributed by atoms with E-state index in [0.717, 1.165) is 42.0 Å². The van der Waals surface area contributed by atoms with Gasteiger partial charge < -0.3 is 10.2 Å². The Hall–Kier alpha value is -3.43. The number of rotatable bonds is 11. The van der Waals surface area contributed by atoms with Gasteiger partial charge in [-0.1, -0.05) is 67.6 Å². The van der Waals surface area contributed by atoms with Crippen molar-refractivity contribution in [2.24, 2.45) is 0 Å². The maximum Gasteiger partial charge on any atom is 0.264 e. The molecule has 42 heavy (non-hydrogen) atoms. The monoisotopic (exact) mass is 613 g/mol. The minimum atomic E-state index is -4.19. The first-order chi connectivity index (χ1) is 20.1. The standard InChI is InChI=1S/C32H37ClFN3O4S/c1-3-30(32(39)35-27-7-5-4-6-8-27)36(21-24-11-15-26(34)16-12-24)31(38)22-37(28-17-9-23(2)10-18-28)42(40,41)29-19-13-25(33)14-20-29/h9-20,27,30H,3-8,21-22H2,1-2H3,(H,35,39)/t30-/m0/s1. The molecule has 1 fully saturated rings. The first-order valence-electron chi connectivity index (χ1n) is 14.3. The van der Waals surface area contributed by atoms with Crippen LogP contribution in [-0.4, -0.2) is 43.8 Å². The van der Waals surface area contributed by atoms with Gasteiger partial charge in [0.15, 0.2) is 0 Å². The molecule has 0 aromatic heterocycles. The van der Waals surface area contributed by atoms with Crippen LogP contribution in [0.2, 0.25) is 5.02 Å². The number of carbonyl (C=O) groups is 2. The summed E-state index contributed by atoms with van der Waals surface area (Å²) in [5.41, 5.74) is 1.86. The van der Waals surface area contributed by atoms with Crippen LogP contribution in [0.5, 0.6) is 0 Å². The summed E-state index contributed by atoms with van der Waals surface area (Å²) in [6.07, 6.45) is 5.29. The van der Waals surface area contributed by atoms with E-state index in [-0.39, 0.29) is 23.4 Å². The number of nitrogens with one attached hydrogen (secondary N) is 1. The highest BCUT2D eigenvalue weighted by atomic mass is 35.5. The maximum absolute atomic E-state index is 14.1. The summed E-state index contributed by atoms with van der Waals surface area (Å²) in [6, 6.07) is 17.5. The van der Waals surface area contributed by atoms with Gasteiger partial charge in [-0.3, -0.25) is 13.9 Å². The molecule has 0 spiro atoms. The molecule has 7 nitrogen and oxygen atoms in total. The lowest BCUT2D eigenvalue weighted by Gasteiger charge is -2.34. The predicted molar refractivity (Wildman–Crippen MR) is 163 cm³/mol. The van der Waals surface area contributed by atoms with Crippen molar-refractivity contribution in [3.63, 3.8) is 0 Å². The van der Waals surface area contributed by atoms with Gasteiger partial charge in [0, 0.05) is 17.6 Å². The minimum Gasteiger partial charge on any atom is -0.352 e. The Morgan fingerprint density at radius 3 is 2.17 bits per heavy atom. The van der Waals surface area contributed by atoms with Gasteiger partial charge in [0.2, 0.25) is 11.8 Å². The SMILES string of the molecule is CC[C@@H](C(=O)NC1CCCCC1)N(Cc1ccc(F)cc1)C(=O)CN(c1ccc(C)cc1)S(=O)(=O)c1ccc(Cl)cc1. The summed E-state index contributed by atoms with van der Waals surface area (Å²) in [6.45, 7) is 3.17. The largest absolute Gasteiger partial charge is 0.352 e. The van der Waals surface area contributed by atoms with Gasteiger partial charge in [-0.15, -0.1) is 0 Å². The number of halogens is 2. The Balaban J connectivity index is 1.69. The van der Waals surface area contributed by atoms with Crippen molar-refractivity contribution < 1.29 is 22.4 Å². The van der Waals surface area contributed by atoms with Gasteiger partial charge in [0.1, 0.15) is 18.4 Å². The lowest BCUT2D eigenvalue weighted by Crippen LogP contribution is -2.54. The molecule has 1 atom stereocenters. The number of amides is 2. The van der Waals surface area contributed by atoms with Crippen LogP contribution in [0.3, 0.4) is 0 Å². The third kappa shape index (κ3) is 7.89. The molecule has 3 aromatic rings. The number of carbonyl (C=O) groups excluding carboxylic acids is 2. The van der Waals surface area contributed by atoms with Gasteiger partial charge in [-0.05, 0) is 80.3 Å². The predicted octanol–water partition coefficient (Wildman–Crippen LogP) is 6.24. The van der Waals surface area contributed by atoms with Gasteiger partial charge in [0.05, 0.1) is 10.6 Å². The van der Waals surface area contributed by atoms with E-state index >= 15 is 0 Å². The van der Waals surface area contributed by atoms with Crippen LogP contribution in [0.4, 0.5) is 10.1 Å². The zero-order chi connectivity index (χ0) is 30.3. The fourth-order valence-electron chi connectivity index (χ4n) is 5.22. The van der Waals surface area contributed by atoms with Gasteiger partial charge in [0.25, 0.3) is 10.0 Å². The zero-order valence-electron chi connectivity index (χ0n) is 23.9. The third-order valence-corrected chi connectivity index (χ3v) is 9.65. The average Bonchev–Trinajstić information content (AvgIpc) is 2.98. The van der Waals surface area contributed by atoms with E-state index in [1.807, 2.05) is 13.8 Å². The van der Waals surface area contributed by atoms with Crippen LogP contribution < -0.4 is 9.62 Å². The number of hydrogen-bond acceptors (Lipinski definition) is 4. The quantitative estimate of drug-likeness (QED) is 0.277. The lowest BCUT2D eigenvalue weighted by atomic mass is 9.95. The fraction of sp³-hybridized carbons (Fsp3) is 0.375. The minimum absolute atomic E-state index is 0.0123. The Labute approximate surface area is 252 Å². The van der Waals surface area contributed by atoms with Gasteiger partial charge in [-0.25, -0.2) is 12.8 Å². The Morgan fingerprint density at radius 2 is 1.57 bits per heavy atom. The van der Waals surface area contributed by atoms with E-state index in [9.17, 15) is 22.4 Å². The summed E-state index contributed by atoms with van der Waals surface area (Å²) in [5, 5.41) is 3.50. The van der Waals surface area contributed by atoms with Crippen molar-refractivity contribution in [3.8, 4) is 0 Å². The third-order valence-electron chi connectivity index (χ3n) is 7.61.